The summed E-state index contributed by atoms with van der Waals surface area (Å²) < 4.78 is 0. The predicted molar refractivity (Wildman–Crippen MR) is 64.5 cm³/mol. The highest BCUT2D eigenvalue weighted by atomic mass is 16.4. The third-order valence-electron chi connectivity index (χ3n) is 2.45. The molecule has 0 heterocycles. The number of hydrogen-bond donors (Lipinski definition) is 2. The van der Waals surface area contributed by atoms with Crippen LogP contribution in [0.3, 0.4) is 0 Å². The van der Waals surface area contributed by atoms with Crippen molar-refractivity contribution in [2.24, 2.45) is 0 Å². The summed E-state index contributed by atoms with van der Waals surface area (Å²) in [5.41, 5.74) is 2.93. The lowest BCUT2D eigenvalue weighted by molar-refractivity contribution is -0.139. The summed E-state index contributed by atoms with van der Waals surface area (Å²) in [6.07, 6.45) is 1.65. The van der Waals surface area contributed by atoms with Gasteiger partial charge in [-0.1, -0.05) is 29.8 Å². The van der Waals surface area contributed by atoms with Gasteiger partial charge in [0.05, 0.1) is 0 Å². The zero-order valence-electron chi connectivity index (χ0n) is 9.66. The minimum Gasteiger partial charge on any atom is -0.480 e. The minimum atomic E-state index is -0.867. The average molecular weight is 219 g/mol. The second-order valence-electron chi connectivity index (χ2n) is 3.83. The second kappa shape index (κ2) is 5.47. The fourth-order valence-electron chi connectivity index (χ4n) is 1.68. The molecule has 0 saturated carbocycles. The maximum atomic E-state index is 11.1. The van der Waals surface area contributed by atoms with Gasteiger partial charge in [0, 0.05) is 6.54 Å². The van der Waals surface area contributed by atoms with Crippen LogP contribution in [0.1, 0.15) is 22.7 Å². The van der Waals surface area contributed by atoms with Crippen molar-refractivity contribution >= 4 is 5.97 Å². The van der Waals surface area contributed by atoms with Crippen LogP contribution < -0.4 is 5.32 Å². The van der Waals surface area contributed by atoms with Crippen molar-refractivity contribution in [2.45, 2.75) is 19.9 Å². The van der Waals surface area contributed by atoms with Crippen LogP contribution in [0.5, 0.6) is 0 Å². The molecule has 3 heteroatoms. The summed E-state index contributed by atoms with van der Waals surface area (Å²) >= 11 is 0. The summed E-state index contributed by atoms with van der Waals surface area (Å²) in [7, 11) is 0. The number of benzene rings is 1. The normalized spacial score (nSPS) is 12.1. The summed E-state index contributed by atoms with van der Waals surface area (Å²) in [6, 6.07) is 5.10. The molecular weight excluding hydrogens is 202 g/mol. The van der Waals surface area contributed by atoms with Gasteiger partial charge in [0.2, 0.25) is 0 Å². The van der Waals surface area contributed by atoms with Gasteiger partial charge in [0.25, 0.3) is 0 Å². The SMILES string of the molecule is C=CCNC(C(=O)O)c1ccc(C)cc1C. The molecule has 0 radical (unpaired) electrons. The number of aryl methyl sites for hydroxylation is 2. The van der Waals surface area contributed by atoms with Crippen LogP contribution in [0.25, 0.3) is 0 Å². The van der Waals surface area contributed by atoms with E-state index in [9.17, 15) is 4.79 Å². The van der Waals surface area contributed by atoms with Crippen LogP contribution in [0.15, 0.2) is 30.9 Å². The number of carbonyl (C=O) groups is 1. The first-order valence-corrected chi connectivity index (χ1v) is 5.20. The van der Waals surface area contributed by atoms with Gasteiger partial charge >= 0.3 is 5.97 Å². The smallest absolute Gasteiger partial charge is 0.325 e. The molecule has 1 aromatic carbocycles. The first kappa shape index (κ1) is 12.5. The molecule has 16 heavy (non-hydrogen) atoms. The first-order chi connectivity index (χ1) is 7.56. The van der Waals surface area contributed by atoms with Crippen molar-refractivity contribution in [2.75, 3.05) is 6.54 Å². The molecule has 0 saturated heterocycles. The van der Waals surface area contributed by atoms with E-state index in [1.54, 1.807) is 6.08 Å². The highest BCUT2D eigenvalue weighted by Gasteiger charge is 2.19. The molecule has 0 aliphatic carbocycles. The Morgan fingerprint density at radius 1 is 1.56 bits per heavy atom. The lowest BCUT2D eigenvalue weighted by Crippen LogP contribution is -2.29. The third-order valence-corrected chi connectivity index (χ3v) is 2.45. The monoisotopic (exact) mass is 219 g/mol. The molecule has 1 atom stereocenters. The molecule has 2 N–H and O–H groups in total. The van der Waals surface area contributed by atoms with E-state index in [0.717, 1.165) is 16.7 Å². The van der Waals surface area contributed by atoms with E-state index in [1.165, 1.54) is 0 Å². The van der Waals surface area contributed by atoms with Gasteiger partial charge in [-0.15, -0.1) is 6.58 Å². The van der Waals surface area contributed by atoms with E-state index in [2.05, 4.69) is 11.9 Å². The van der Waals surface area contributed by atoms with Crippen LogP contribution in [0, 0.1) is 13.8 Å². The maximum absolute atomic E-state index is 11.1. The molecule has 0 aliphatic heterocycles. The van der Waals surface area contributed by atoms with Crippen LogP contribution >= 0.6 is 0 Å². The molecule has 0 fully saturated rings. The standard InChI is InChI=1S/C13H17NO2/c1-4-7-14-12(13(15)16)11-6-5-9(2)8-10(11)3/h4-6,8,12,14H,1,7H2,2-3H3,(H,15,16). The van der Waals surface area contributed by atoms with Crippen LogP contribution in [0.2, 0.25) is 0 Å². The summed E-state index contributed by atoms with van der Waals surface area (Å²) in [4.78, 5) is 11.1. The quantitative estimate of drug-likeness (QED) is 0.746. The number of carboxylic acid groups (broad SMARTS) is 1. The molecule has 0 amide bonds. The van der Waals surface area contributed by atoms with Crippen LogP contribution in [0.4, 0.5) is 0 Å². The molecule has 1 unspecified atom stereocenters. The fraction of sp³-hybridized carbons (Fsp3) is 0.308. The zero-order chi connectivity index (χ0) is 12.1. The molecule has 0 aliphatic rings. The van der Waals surface area contributed by atoms with Gasteiger partial charge in [-0.3, -0.25) is 10.1 Å². The molecule has 3 nitrogen and oxygen atoms in total. The largest absolute Gasteiger partial charge is 0.480 e. The van der Waals surface area contributed by atoms with Gasteiger partial charge < -0.3 is 5.11 Å². The number of carboxylic acids is 1. The van der Waals surface area contributed by atoms with Gasteiger partial charge in [0.1, 0.15) is 6.04 Å². The van der Waals surface area contributed by atoms with E-state index < -0.39 is 12.0 Å². The molecule has 1 aromatic rings. The van der Waals surface area contributed by atoms with Crippen molar-refractivity contribution in [3.8, 4) is 0 Å². The lowest BCUT2D eigenvalue weighted by Gasteiger charge is -2.16. The Hall–Kier alpha value is -1.61. The Bertz CT molecular complexity index is 399. The van der Waals surface area contributed by atoms with Gasteiger partial charge in [0.15, 0.2) is 0 Å². The predicted octanol–water partition coefficient (Wildman–Crippen LogP) is 2.20. The summed E-state index contributed by atoms with van der Waals surface area (Å²) in [5, 5.41) is 12.1. The summed E-state index contributed by atoms with van der Waals surface area (Å²) in [5.74, 6) is -0.867. The van der Waals surface area contributed by atoms with Gasteiger partial charge in [-0.05, 0) is 25.0 Å². The Morgan fingerprint density at radius 2 is 2.25 bits per heavy atom. The van der Waals surface area contributed by atoms with E-state index in [0.29, 0.717) is 6.54 Å². The van der Waals surface area contributed by atoms with Crippen LogP contribution in [-0.2, 0) is 4.79 Å². The molecule has 1 rings (SSSR count). The number of nitrogens with one attached hydrogen (secondary N) is 1. The molecule has 0 aromatic heterocycles. The minimum absolute atomic E-state index is 0.476. The number of aliphatic carboxylic acids is 1. The maximum Gasteiger partial charge on any atom is 0.325 e. The molecule has 0 spiro atoms. The third kappa shape index (κ3) is 2.94. The average Bonchev–Trinajstić information content (AvgIpc) is 2.20. The Labute approximate surface area is 95.8 Å². The Kier molecular flexibility index (Phi) is 4.26. The molecular formula is C13H17NO2. The lowest BCUT2D eigenvalue weighted by atomic mass is 9.99. The second-order valence-corrected chi connectivity index (χ2v) is 3.83. The Balaban J connectivity index is 3.00. The number of hydrogen-bond acceptors (Lipinski definition) is 2. The van der Waals surface area contributed by atoms with E-state index in [-0.39, 0.29) is 0 Å². The van der Waals surface area contributed by atoms with E-state index in [1.807, 2.05) is 32.0 Å². The summed E-state index contributed by atoms with van der Waals surface area (Å²) in [6.45, 7) is 7.96. The van der Waals surface area contributed by atoms with Crippen molar-refractivity contribution in [1.82, 2.24) is 5.32 Å². The highest BCUT2D eigenvalue weighted by Crippen LogP contribution is 2.19. The number of rotatable bonds is 5. The molecule has 0 bridgehead atoms. The van der Waals surface area contributed by atoms with Crippen molar-refractivity contribution in [1.29, 1.82) is 0 Å². The first-order valence-electron chi connectivity index (χ1n) is 5.20. The van der Waals surface area contributed by atoms with E-state index in [4.69, 9.17) is 5.11 Å². The topological polar surface area (TPSA) is 49.3 Å². The highest BCUT2D eigenvalue weighted by molar-refractivity contribution is 5.76. The van der Waals surface area contributed by atoms with Crippen molar-refractivity contribution in [3.63, 3.8) is 0 Å². The molecule has 86 valence electrons. The van der Waals surface area contributed by atoms with Crippen LogP contribution in [-0.4, -0.2) is 17.6 Å². The fourth-order valence-corrected chi connectivity index (χ4v) is 1.68. The van der Waals surface area contributed by atoms with Crippen molar-refractivity contribution in [3.05, 3.63) is 47.5 Å². The zero-order valence-corrected chi connectivity index (χ0v) is 9.66. The van der Waals surface area contributed by atoms with Gasteiger partial charge in [-0.25, -0.2) is 0 Å². The Morgan fingerprint density at radius 3 is 2.75 bits per heavy atom. The van der Waals surface area contributed by atoms with E-state index >= 15 is 0 Å². The van der Waals surface area contributed by atoms with Gasteiger partial charge in [-0.2, -0.15) is 0 Å². The van der Waals surface area contributed by atoms with Crippen molar-refractivity contribution < 1.29 is 9.90 Å².